The minimum absolute atomic E-state index is 0.210. The Balaban J connectivity index is 1.95. The fourth-order valence-corrected chi connectivity index (χ4v) is 2.79. The maximum atomic E-state index is 10.9. The Kier molecular flexibility index (Phi) is 3.62. The van der Waals surface area contributed by atoms with Crippen molar-refractivity contribution in [3.05, 3.63) is 0 Å². The van der Waals surface area contributed by atoms with E-state index in [9.17, 15) is 4.79 Å². The zero-order valence-corrected chi connectivity index (χ0v) is 10.1. The summed E-state index contributed by atoms with van der Waals surface area (Å²) in [4.78, 5) is 10.9. The zero-order chi connectivity index (χ0) is 11.6. The van der Waals surface area contributed by atoms with E-state index >= 15 is 0 Å². The molecule has 2 aliphatic heterocycles. The molecule has 16 heavy (non-hydrogen) atoms. The fraction of sp³-hybridized carbons (Fsp3) is 0.917. The van der Waals surface area contributed by atoms with Crippen molar-refractivity contribution in [3.63, 3.8) is 0 Å². The maximum Gasteiger partial charge on any atom is 0.151 e. The lowest BCUT2D eigenvalue weighted by molar-refractivity contribution is -0.123. The lowest BCUT2D eigenvalue weighted by atomic mass is 9.89. The number of hydrogen-bond acceptors (Lipinski definition) is 4. The molecule has 4 nitrogen and oxygen atoms in total. The van der Waals surface area contributed by atoms with Crippen LogP contribution in [0.1, 0.15) is 26.7 Å². The zero-order valence-electron chi connectivity index (χ0n) is 10.1. The average molecular weight is 227 g/mol. The predicted molar refractivity (Wildman–Crippen MR) is 60.3 cm³/mol. The molecule has 92 valence electrons. The predicted octanol–water partition coefficient (Wildman–Crippen LogP) is 0.748. The van der Waals surface area contributed by atoms with Gasteiger partial charge in [0, 0.05) is 18.6 Å². The van der Waals surface area contributed by atoms with Gasteiger partial charge in [-0.15, -0.1) is 0 Å². The van der Waals surface area contributed by atoms with Gasteiger partial charge in [-0.25, -0.2) is 0 Å². The molecule has 2 heterocycles. The van der Waals surface area contributed by atoms with Crippen molar-refractivity contribution in [2.24, 2.45) is 5.92 Å². The number of carbonyl (C=O) groups is 1. The Hall–Kier alpha value is -0.450. The second-order valence-electron chi connectivity index (χ2n) is 4.99. The van der Waals surface area contributed by atoms with E-state index in [0.717, 1.165) is 32.3 Å². The molecule has 4 atom stereocenters. The Morgan fingerprint density at radius 2 is 2.38 bits per heavy atom. The lowest BCUT2D eigenvalue weighted by Crippen LogP contribution is -2.41. The molecule has 1 N–H and O–H groups in total. The molecule has 4 heteroatoms. The van der Waals surface area contributed by atoms with Crippen molar-refractivity contribution in [1.82, 2.24) is 5.32 Å². The van der Waals surface area contributed by atoms with E-state index in [1.54, 1.807) is 0 Å². The molecule has 0 amide bonds. The Bertz CT molecular complexity index is 259. The van der Waals surface area contributed by atoms with E-state index in [1.807, 2.05) is 6.92 Å². The van der Waals surface area contributed by atoms with Crippen LogP contribution < -0.4 is 5.32 Å². The van der Waals surface area contributed by atoms with Gasteiger partial charge in [-0.05, 0) is 26.3 Å². The van der Waals surface area contributed by atoms with Crippen LogP contribution in [0.4, 0.5) is 0 Å². The molecule has 0 aromatic heterocycles. The third kappa shape index (κ3) is 2.29. The molecule has 0 radical (unpaired) electrons. The summed E-state index contributed by atoms with van der Waals surface area (Å²) >= 11 is 0. The first-order valence-corrected chi connectivity index (χ1v) is 6.14. The standard InChI is InChI=1S/C12H21NO3/c1-3-13-10-4-5-15-11(10)9-6-12(2,8-14)16-7-9/h8-11,13H,3-7H2,1-2H3. The van der Waals surface area contributed by atoms with E-state index in [2.05, 4.69) is 12.2 Å². The molecule has 0 bridgehead atoms. The summed E-state index contributed by atoms with van der Waals surface area (Å²) in [5.41, 5.74) is -0.590. The number of likely N-dealkylation sites (N-methyl/N-ethyl adjacent to an activating group) is 1. The second kappa shape index (κ2) is 4.82. The summed E-state index contributed by atoms with van der Waals surface area (Å²) in [5.74, 6) is 0.349. The summed E-state index contributed by atoms with van der Waals surface area (Å²) < 4.78 is 11.3. The quantitative estimate of drug-likeness (QED) is 0.720. The highest BCUT2D eigenvalue weighted by molar-refractivity contribution is 5.62. The molecule has 0 aliphatic carbocycles. The van der Waals surface area contributed by atoms with Gasteiger partial charge >= 0.3 is 0 Å². The number of nitrogens with one attached hydrogen (secondary N) is 1. The van der Waals surface area contributed by atoms with Crippen LogP contribution in [0.15, 0.2) is 0 Å². The van der Waals surface area contributed by atoms with Crippen LogP contribution >= 0.6 is 0 Å². The first-order valence-electron chi connectivity index (χ1n) is 6.14. The lowest BCUT2D eigenvalue weighted by Gasteiger charge is -2.24. The number of ether oxygens (including phenoxy) is 2. The van der Waals surface area contributed by atoms with Crippen molar-refractivity contribution in [2.75, 3.05) is 19.8 Å². The van der Waals surface area contributed by atoms with E-state index in [0.29, 0.717) is 18.6 Å². The van der Waals surface area contributed by atoms with Crippen LogP contribution in [-0.2, 0) is 14.3 Å². The molecule has 0 aromatic rings. The van der Waals surface area contributed by atoms with E-state index < -0.39 is 5.60 Å². The van der Waals surface area contributed by atoms with E-state index in [4.69, 9.17) is 9.47 Å². The van der Waals surface area contributed by atoms with Crippen molar-refractivity contribution < 1.29 is 14.3 Å². The van der Waals surface area contributed by atoms with Crippen LogP contribution in [0.5, 0.6) is 0 Å². The summed E-state index contributed by atoms with van der Waals surface area (Å²) in [6.07, 6.45) is 2.97. The molecule has 2 saturated heterocycles. The number of rotatable bonds is 4. The van der Waals surface area contributed by atoms with Gasteiger partial charge in [-0.1, -0.05) is 6.92 Å². The van der Waals surface area contributed by atoms with Gasteiger partial charge < -0.3 is 19.6 Å². The molecular weight excluding hydrogens is 206 g/mol. The molecule has 0 saturated carbocycles. The SMILES string of the molecule is CCNC1CCOC1C1COC(C)(C=O)C1. The van der Waals surface area contributed by atoms with Crippen molar-refractivity contribution in [3.8, 4) is 0 Å². The Labute approximate surface area is 96.7 Å². The molecule has 2 rings (SSSR count). The molecule has 4 unspecified atom stereocenters. The van der Waals surface area contributed by atoms with Crippen LogP contribution in [-0.4, -0.2) is 43.8 Å². The molecule has 0 spiro atoms. The summed E-state index contributed by atoms with van der Waals surface area (Å²) in [6, 6.07) is 0.424. The maximum absolute atomic E-state index is 10.9. The van der Waals surface area contributed by atoms with Gasteiger partial charge in [0.25, 0.3) is 0 Å². The topological polar surface area (TPSA) is 47.6 Å². The number of hydrogen-bond donors (Lipinski definition) is 1. The monoisotopic (exact) mass is 227 g/mol. The average Bonchev–Trinajstić information content (AvgIpc) is 2.86. The molecule has 2 fully saturated rings. The summed E-state index contributed by atoms with van der Waals surface area (Å²) in [6.45, 7) is 6.38. The second-order valence-corrected chi connectivity index (χ2v) is 4.99. The van der Waals surface area contributed by atoms with E-state index in [1.165, 1.54) is 0 Å². The smallest absolute Gasteiger partial charge is 0.151 e. The number of carbonyl (C=O) groups excluding carboxylic acids is 1. The van der Waals surface area contributed by atoms with Gasteiger partial charge in [0.2, 0.25) is 0 Å². The molecule has 0 aromatic carbocycles. The molecule has 2 aliphatic rings. The third-order valence-electron chi connectivity index (χ3n) is 3.61. The number of aldehydes is 1. The van der Waals surface area contributed by atoms with Gasteiger partial charge in [0.05, 0.1) is 12.7 Å². The first kappa shape index (κ1) is 12.0. The third-order valence-corrected chi connectivity index (χ3v) is 3.61. The largest absolute Gasteiger partial charge is 0.376 e. The highest BCUT2D eigenvalue weighted by Crippen LogP contribution is 2.34. The molecular formula is C12H21NO3. The highest BCUT2D eigenvalue weighted by Gasteiger charge is 2.44. The summed E-state index contributed by atoms with van der Waals surface area (Å²) in [7, 11) is 0. The van der Waals surface area contributed by atoms with Crippen LogP contribution in [0.2, 0.25) is 0 Å². The Morgan fingerprint density at radius 3 is 3.00 bits per heavy atom. The minimum atomic E-state index is -0.590. The fourth-order valence-electron chi connectivity index (χ4n) is 2.79. The van der Waals surface area contributed by atoms with Gasteiger partial charge in [0.1, 0.15) is 5.60 Å². The van der Waals surface area contributed by atoms with Crippen LogP contribution in [0, 0.1) is 5.92 Å². The minimum Gasteiger partial charge on any atom is -0.376 e. The van der Waals surface area contributed by atoms with E-state index in [-0.39, 0.29) is 6.10 Å². The van der Waals surface area contributed by atoms with Gasteiger partial charge in [0.15, 0.2) is 6.29 Å². The summed E-state index contributed by atoms with van der Waals surface area (Å²) in [5, 5.41) is 3.45. The van der Waals surface area contributed by atoms with Crippen molar-refractivity contribution >= 4 is 6.29 Å². The highest BCUT2D eigenvalue weighted by atomic mass is 16.5. The van der Waals surface area contributed by atoms with Gasteiger partial charge in [-0.2, -0.15) is 0 Å². The van der Waals surface area contributed by atoms with Crippen molar-refractivity contribution in [1.29, 1.82) is 0 Å². The van der Waals surface area contributed by atoms with Crippen molar-refractivity contribution in [2.45, 2.75) is 44.4 Å². The van der Waals surface area contributed by atoms with Crippen LogP contribution in [0.25, 0.3) is 0 Å². The van der Waals surface area contributed by atoms with Crippen LogP contribution in [0.3, 0.4) is 0 Å². The first-order chi connectivity index (χ1) is 7.68. The normalized spacial score (nSPS) is 43.8. The Morgan fingerprint density at radius 1 is 1.56 bits per heavy atom. The van der Waals surface area contributed by atoms with Gasteiger partial charge in [-0.3, -0.25) is 0 Å².